The van der Waals surface area contributed by atoms with Crippen LogP contribution in [0.15, 0.2) is 4.79 Å². The third-order valence-electron chi connectivity index (χ3n) is 4.86. The van der Waals surface area contributed by atoms with Crippen LogP contribution in [0, 0.1) is 11.8 Å². The van der Waals surface area contributed by atoms with Gasteiger partial charge >= 0.3 is 0 Å². The Morgan fingerprint density at radius 2 is 1.86 bits per heavy atom. The monoisotopic (exact) mass is 421 g/mol. The van der Waals surface area contributed by atoms with E-state index in [2.05, 4.69) is 32.7 Å². The van der Waals surface area contributed by atoms with Gasteiger partial charge in [0.15, 0.2) is 0 Å². The SMILES string of the molecule is CC(C)CN(CC(C)C)C(=O)CSCc1nc2sc3c(c2c(=O)[nH]1)CCCC3. The zero-order valence-electron chi connectivity index (χ0n) is 17.3. The van der Waals surface area contributed by atoms with E-state index in [1.807, 2.05) is 4.90 Å². The molecule has 2 heterocycles. The van der Waals surface area contributed by atoms with E-state index in [-0.39, 0.29) is 11.5 Å². The van der Waals surface area contributed by atoms with Gasteiger partial charge in [0.2, 0.25) is 5.91 Å². The number of carbonyl (C=O) groups is 1. The quantitative estimate of drug-likeness (QED) is 0.692. The van der Waals surface area contributed by atoms with E-state index in [1.165, 1.54) is 28.6 Å². The van der Waals surface area contributed by atoms with Crippen LogP contribution in [0.2, 0.25) is 0 Å². The van der Waals surface area contributed by atoms with Gasteiger partial charge in [-0.05, 0) is 43.1 Å². The minimum absolute atomic E-state index is 0.0208. The van der Waals surface area contributed by atoms with E-state index in [0.29, 0.717) is 29.2 Å². The van der Waals surface area contributed by atoms with Gasteiger partial charge in [-0.3, -0.25) is 9.59 Å². The van der Waals surface area contributed by atoms with Crippen molar-refractivity contribution in [1.82, 2.24) is 14.9 Å². The van der Waals surface area contributed by atoms with E-state index in [4.69, 9.17) is 4.98 Å². The number of aryl methyl sites for hydroxylation is 2. The molecule has 0 bridgehead atoms. The van der Waals surface area contributed by atoms with Crippen molar-refractivity contribution in [1.29, 1.82) is 0 Å². The largest absolute Gasteiger partial charge is 0.341 e. The standard InChI is InChI=1S/C21H31N3O2S2/c1-13(2)9-24(10-14(3)4)18(25)12-27-11-17-22-20(26)19-15-7-5-6-8-16(15)28-21(19)23-17/h13-14H,5-12H2,1-4H3,(H,22,23,26). The predicted molar refractivity (Wildman–Crippen MR) is 119 cm³/mol. The maximum absolute atomic E-state index is 12.6. The zero-order valence-corrected chi connectivity index (χ0v) is 19.0. The number of aromatic amines is 1. The summed E-state index contributed by atoms with van der Waals surface area (Å²) in [7, 11) is 0. The Kier molecular flexibility index (Phi) is 7.20. The number of thiophene rings is 1. The number of carbonyl (C=O) groups excluding carboxylic acids is 1. The lowest BCUT2D eigenvalue weighted by molar-refractivity contribution is -0.129. The van der Waals surface area contributed by atoms with Crippen molar-refractivity contribution in [2.75, 3.05) is 18.8 Å². The summed E-state index contributed by atoms with van der Waals surface area (Å²) < 4.78 is 0. The van der Waals surface area contributed by atoms with Gasteiger partial charge in [-0.25, -0.2) is 4.98 Å². The highest BCUT2D eigenvalue weighted by Crippen LogP contribution is 2.33. The Labute approximate surface area is 175 Å². The van der Waals surface area contributed by atoms with Crippen LogP contribution in [0.5, 0.6) is 0 Å². The number of H-pyrrole nitrogens is 1. The topological polar surface area (TPSA) is 66.1 Å². The Morgan fingerprint density at radius 3 is 2.54 bits per heavy atom. The number of hydrogen-bond donors (Lipinski definition) is 1. The van der Waals surface area contributed by atoms with Gasteiger partial charge in [0, 0.05) is 18.0 Å². The molecule has 0 unspecified atom stereocenters. The first kappa shape index (κ1) is 21.4. The summed E-state index contributed by atoms with van der Waals surface area (Å²) in [5, 5.41) is 0.796. The molecule has 2 aromatic rings. The van der Waals surface area contributed by atoms with E-state index in [1.54, 1.807) is 11.3 Å². The van der Waals surface area contributed by atoms with Crippen molar-refractivity contribution < 1.29 is 4.79 Å². The van der Waals surface area contributed by atoms with Crippen LogP contribution in [-0.4, -0.2) is 39.6 Å². The molecule has 7 heteroatoms. The van der Waals surface area contributed by atoms with Crippen LogP contribution in [0.25, 0.3) is 10.2 Å². The molecule has 0 spiro atoms. The molecule has 5 nitrogen and oxygen atoms in total. The third-order valence-corrected chi connectivity index (χ3v) is 6.98. The number of thioether (sulfide) groups is 1. The molecule has 154 valence electrons. The lowest BCUT2D eigenvalue weighted by Crippen LogP contribution is -2.38. The van der Waals surface area contributed by atoms with E-state index >= 15 is 0 Å². The van der Waals surface area contributed by atoms with Crippen LogP contribution in [0.1, 0.15) is 56.8 Å². The van der Waals surface area contributed by atoms with Crippen LogP contribution < -0.4 is 5.56 Å². The summed E-state index contributed by atoms with van der Waals surface area (Å²) in [6.45, 7) is 10.1. The summed E-state index contributed by atoms with van der Waals surface area (Å²) in [6.07, 6.45) is 4.41. The first-order chi connectivity index (χ1) is 13.3. The highest BCUT2D eigenvalue weighted by Gasteiger charge is 2.20. The molecule has 0 aliphatic heterocycles. The van der Waals surface area contributed by atoms with Crippen molar-refractivity contribution in [3.8, 4) is 0 Å². The van der Waals surface area contributed by atoms with Crippen molar-refractivity contribution >= 4 is 39.2 Å². The molecule has 3 rings (SSSR count). The maximum Gasteiger partial charge on any atom is 0.259 e. The Hall–Kier alpha value is -1.34. The molecule has 0 radical (unpaired) electrons. The predicted octanol–water partition coefficient (Wildman–Crippen LogP) is 4.24. The molecule has 1 aliphatic rings. The highest BCUT2D eigenvalue weighted by molar-refractivity contribution is 7.99. The van der Waals surface area contributed by atoms with Crippen LogP contribution in [0.4, 0.5) is 0 Å². The van der Waals surface area contributed by atoms with Gasteiger partial charge < -0.3 is 9.88 Å². The summed E-state index contributed by atoms with van der Waals surface area (Å²) >= 11 is 3.20. The lowest BCUT2D eigenvalue weighted by Gasteiger charge is -2.26. The van der Waals surface area contributed by atoms with Gasteiger partial charge in [-0.15, -0.1) is 23.1 Å². The van der Waals surface area contributed by atoms with Crippen LogP contribution in [0.3, 0.4) is 0 Å². The number of fused-ring (bicyclic) bond motifs is 3. The number of hydrogen-bond acceptors (Lipinski definition) is 5. The van der Waals surface area contributed by atoms with Gasteiger partial charge in [0.1, 0.15) is 10.7 Å². The molecule has 1 N–H and O–H groups in total. The summed E-state index contributed by atoms with van der Waals surface area (Å²) in [4.78, 5) is 37.0. The van der Waals surface area contributed by atoms with Gasteiger partial charge in [-0.1, -0.05) is 27.7 Å². The van der Waals surface area contributed by atoms with Crippen molar-refractivity contribution in [2.45, 2.75) is 59.1 Å². The van der Waals surface area contributed by atoms with Gasteiger partial charge in [0.25, 0.3) is 5.56 Å². The number of aromatic nitrogens is 2. The van der Waals surface area contributed by atoms with Crippen molar-refractivity contribution in [2.24, 2.45) is 11.8 Å². The molecule has 1 aliphatic carbocycles. The fourth-order valence-corrected chi connectivity index (χ4v) is 5.83. The first-order valence-electron chi connectivity index (χ1n) is 10.2. The second-order valence-electron chi connectivity index (χ2n) is 8.48. The third kappa shape index (κ3) is 5.17. The Morgan fingerprint density at radius 1 is 1.18 bits per heavy atom. The van der Waals surface area contributed by atoms with E-state index in [9.17, 15) is 9.59 Å². The smallest absolute Gasteiger partial charge is 0.259 e. The Bertz CT molecular complexity index is 876. The Balaban J connectivity index is 1.65. The molecule has 0 atom stereocenters. The molecule has 1 amide bonds. The molecule has 0 fully saturated rings. The fraction of sp³-hybridized carbons (Fsp3) is 0.667. The van der Waals surface area contributed by atoms with Crippen molar-refractivity contribution in [3.63, 3.8) is 0 Å². The second kappa shape index (κ2) is 9.44. The molecular formula is C21H31N3O2S2. The maximum atomic E-state index is 12.6. The van der Waals surface area contributed by atoms with Crippen LogP contribution in [-0.2, 0) is 23.4 Å². The normalized spacial score (nSPS) is 14.1. The number of nitrogens with one attached hydrogen (secondary N) is 1. The summed E-state index contributed by atoms with van der Waals surface area (Å²) in [5.74, 6) is 2.73. The fourth-order valence-electron chi connectivity index (χ4n) is 3.76. The molecule has 0 aromatic carbocycles. The molecule has 2 aromatic heterocycles. The van der Waals surface area contributed by atoms with Gasteiger partial charge in [0.05, 0.1) is 16.9 Å². The minimum Gasteiger partial charge on any atom is -0.341 e. The highest BCUT2D eigenvalue weighted by atomic mass is 32.2. The number of nitrogens with zero attached hydrogens (tertiary/aromatic N) is 2. The van der Waals surface area contributed by atoms with E-state index < -0.39 is 0 Å². The molecule has 0 saturated heterocycles. The first-order valence-corrected chi connectivity index (χ1v) is 12.2. The van der Waals surface area contributed by atoms with Gasteiger partial charge in [-0.2, -0.15) is 0 Å². The lowest BCUT2D eigenvalue weighted by atomic mass is 9.97. The minimum atomic E-state index is -0.0208. The zero-order chi connectivity index (χ0) is 20.3. The summed E-state index contributed by atoms with van der Waals surface area (Å²) in [6, 6.07) is 0. The second-order valence-corrected chi connectivity index (χ2v) is 10.6. The average molecular weight is 422 g/mol. The number of rotatable bonds is 8. The van der Waals surface area contributed by atoms with Crippen LogP contribution >= 0.6 is 23.1 Å². The molecular weight excluding hydrogens is 390 g/mol. The average Bonchev–Trinajstić information content (AvgIpc) is 2.99. The number of amides is 1. The summed E-state index contributed by atoms with van der Waals surface area (Å²) in [5.41, 5.74) is 1.19. The van der Waals surface area contributed by atoms with Crippen molar-refractivity contribution in [3.05, 3.63) is 26.6 Å². The van der Waals surface area contributed by atoms with E-state index in [0.717, 1.165) is 42.6 Å². The molecule has 28 heavy (non-hydrogen) atoms. The molecule has 0 saturated carbocycles.